The lowest BCUT2D eigenvalue weighted by Gasteiger charge is -2.10. The molecular weight excluding hydrogens is 236 g/mol. The molecule has 1 amide bonds. The van der Waals surface area contributed by atoms with Crippen molar-refractivity contribution in [3.63, 3.8) is 0 Å². The molecule has 0 fully saturated rings. The average Bonchev–Trinajstić information content (AvgIpc) is 2.68. The van der Waals surface area contributed by atoms with Gasteiger partial charge in [-0.15, -0.1) is 6.58 Å². The summed E-state index contributed by atoms with van der Waals surface area (Å²) in [5.41, 5.74) is 0.657. The lowest BCUT2D eigenvalue weighted by molar-refractivity contribution is -0.389. The zero-order valence-electron chi connectivity index (χ0n) is 10.4. The van der Waals surface area contributed by atoms with Gasteiger partial charge in [-0.25, -0.2) is 0 Å². The van der Waals surface area contributed by atoms with Crippen LogP contribution >= 0.6 is 0 Å². The Kier molecular flexibility index (Phi) is 4.59. The molecule has 0 saturated heterocycles. The van der Waals surface area contributed by atoms with Crippen LogP contribution in [-0.2, 0) is 11.3 Å². The molecule has 18 heavy (non-hydrogen) atoms. The highest BCUT2D eigenvalue weighted by molar-refractivity contribution is 5.78. The molecular formula is C11H16N4O3. The second kappa shape index (κ2) is 5.95. The van der Waals surface area contributed by atoms with Gasteiger partial charge in [-0.1, -0.05) is 13.0 Å². The number of aromatic nitrogens is 2. The maximum atomic E-state index is 11.6. The molecule has 1 rings (SSSR count). The van der Waals surface area contributed by atoms with Gasteiger partial charge in [0.1, 0.15) is 0 Å². The van der Waals surface area contributed by atoms with Crippen LogP contribution in [0.15, 0.2) is 18.7 Å². The number of carbonyl (C=O) groups excluding carboxylic acids is 1. The van der Waals surface area contributed by atoms with Crippen LogP contribution in [0.1, 0.15) is 12.6 Å². The van der Waals surface area contributed by atoms with Crippen LogP contribution in [0.25, 0.3) is 0 Å². The average molecular weight is 252 g/mol. The third kappa shape index (κ3) is 3.41. The van der Waals surface area contributed by atoms with Crippen LogP contribution in [0.2, 0.25) is 0 Å². The Balaban J connectivity index is 2.69. The third-order valence-electron chi connectivity index (χ3n) is 2.47. The monoisotopic (exact) mass is 252 g/mol. The van der Waals surface area contributed by atoms with E-state index in [1.54, 1.807) is 19.9 Å². The van der Waals surface area contributed by atoms with Crippen molar-refractivity contribution in [2.45, 2.75) is 20.4 Å². The standard InChI is InChI=1S/C11H16N4O3/c1-4-5-12-11(16)8(2)7-14-9(3)6-10(13-14)15(17)18/h4,6,8H,1,5,7H2,2-3H3,(H,12,16)/t8-/m0/s1. The first-order valence-electron chi connectivity index (χ1n) is 5.53. The number of nitrogens with one attached hydrogen (secondary N) is 1. The van der Waals surface area contributed by atoms with E-state index in [0.717, 1.165) is 0 Å². The molecule has 7 nitrogen and oxygen atoms in total. The van der Waals surface area contributed by atoms with Crippen LogP contribution in [0.5, 0.6) is 0 Å². The molecule has 0 aromatic carbocycles. The van der Waals surface area contributed by atoms with Crippen LogP contribution in [0, 0.1) is 23.0 Å². The summed E-state index contributed by atoms with van der Waals surface area (Å²) in [6.45, 7) is 7.68. The molecule has 0 spiro atoms. The maximum absolute atomic E-state index is 11.6. The summed E-state index contributed by atoms with van der Waals surface area (Å²) in [6.07, 6.45) is 1.59. The molecule has 1 aromatic rings. The Morgan fingerprint density at radius 1 is 1.78 bits per heavy atom. The van der Waals surface area contributed by atoms with Crippen molar-refractivity contribution in [2.75, 3.05) is 6.54 Å². The molecule has 0 saturated carbocycles. The normalized spacial score (nSPS) is 11.9. The highest BCUT2D eigenvalue weighted by atomic mass is 16.6. The molecule has 98 valence electrons. The highest BCUT2D eigenvalue weighted by Crippen LogP contribution is 2.12. The predicted molar refractivity (Wildman–Crippen MR) is 66.0 cm³/mol. The summed E-state index contributed by atoms with van der Waals surface area (Å²) in [5.74, 6) is -0.651. The van der Waals surface area contributed by atoms with Crippen molar-refractivity contribution in [3.05, 3.63) is 34.5 Å². The summed E-state index contributed by atoms with van der Waals surface area (Å²) < 4.78 is 1.47. The van der Waals surface area contributed by atoms with E-state index in [1.165, 1.54) is 10.7 Å². The number of amides is 1. The zero-order valence-corrected chi connectivity index (χ0v) is 10.4. The number of carbonyl (C=O) groups is 1. The van der Waals surface area contributed by atoms with E-state index >= 15 is 0 Å². The minimum absolute atomic E-state index is 0.132. The Bertz CT molecular complexity index is 467. The minimum Gasteiger partial charge on any atom is -0.358 e. The van der Waals surface area contributed by atoms with Crippen molar-refractivity contribution in [1.29, 1.82) is 0 Å². The fourth-order valence-electron chi connectivity index (χ4n) is 1.46. The van der Waals surface area contributed by atoms with E-state index in [1.807, 2.05) is 0 Å². The van der Waals surface area contributed by atoms with Gasteiger partial charge in [-0.05, 0) is 11.8 Å². The predicted octanol–water partition coefficient (Wildman–Crippen LogP) is 1.04. The quantitative estimate of drug-likeness (QED) is 0.465. The molecule has 0 bridgehead atoms. The zero-order chi connectivity index (χ0) is 13.7. The van der Waals surface area contributed by atoms with Crippen LogP contribution in [-0.4, -0.2) is 27.2 Å². The third-order valence-corrected chi connectivity index (χ3v) is 2.47. The van der Waals surface area contributed by atoms with E-state index < -0.39 is 4.92 Å². The lowest BCUT2D eigenvalue weighted by atomic mass is 10.1. The first-order chi connectivity index (χ1) is 8.45. The molecule has 0 aliphatic heterocycles. The minimum atomic E-state index is -0.550. The van der Waals surface area contributed by atoms with Gasteiger partial charge in [0, 0.05) is 6.54 Å². The van der Waals surface area contributed by atoms with E-state index in [-0.39, 0.29) is 17.6 Å². The van der Waals surface area contributed by atoms with Crippen LogP contribution < -0.4 is 5.32 Å². The molecule has 0 aliphatic carbocycles. The van der Waals surface area contributed by atoms with Crippen LogP contribution in [0.3, 0.4) is 0 Å². The van der Waals surface area contributed by atoms with Crippen molar-refractivity contribution in [1.82, 2.24) is 15.1 Å². The molecule has 1 N–H and O–H groups in total. The maximum Gasteiger partial charge on any atom is 0.390 e. The topological polar surface area (TPSA) is 90.1 Å². The van der Waals surface area contributed by atoms with Gasteiger partial charge in [-0.3, -0.25) is 4.79 Å². The number of aryl methyl sites for hydroxylation is 1. The number of nitro groups is 1. The fraction of sp³-hybridized carbons (Fsp3) is 0.455. The largest absolute Gasteiger partial charge is 0.390 e. The van der Waals surface area contributed by atoms with Crippen molar-refractivity contribution in [2.24, 2.45) is 5.92 Å². The summed E-state index contributed by atoms with van der Waals surface area (Å²) in [6, 6.07) is 1.38. The molecule has 1 atom stereocenters. The van der Waals surface area contributed by atoms with Gasteiger partial charge < -0.3 is 15.4 Å². The number of hydrogen-bond donors (Lipinski definition) is 1. The van der Waals surface area contributed by atoms with E-state index in [0.29, 0.717) is 18.8 Å². The Morgan fingerprint density at radius 2 is 2.44 bits per heavy atom. The van der Waals surface area contributed by atoms with Gasteiger partial charge in [0.25, 0.3) is 0 Å². The summed E-state index contributed by atoms with van der Waals surface area (Å²) >= 11 is 0. The summed E-state index contributed by atoms with van der Waals surface area (Å²) in [5, 5.41) is 17.1. The van der Waals surface area contributed by atoms with E-state index in [2.05, 4.69) is 17.0 Å². The lowest BCUT2D eigenvalue weighted by Crippen LogP contribution is -2.32. The molecule has 1 aromatic heterocycles. The Hall–Kier alpha value is -2.18. The Labute approximate surface area is 105 Å². The molecule has 1 heterocycles. The number of hydrogen-bond acceptors (Lipinski definition) is 4. The van der Waals surface area contributed by atoms with E-state index in [4.69, 9.17) is 0 Å². The number of nitrogens with zero attached hydrogens (tertiary/aromatic N) is 3. The van der Waals surface area contributed by atoms with Crippen molar-refractivity contribution in [3.8, 4) is 0 Å². The first kappa shape index (κ1) is 13.9. The van der Waals surface area contributed by atoms with Gasteiger partial charge in [0.15, 0.2) is 0 Å². The summed E-state index contributed by atoms with van der Waals surface area (Å²) in [7, 11) is 0. The molecule has 0 unspecified atom stereocenters. The van der Waals surface area contributed by atoms with E-state index in [9.17, 15) is 14.9 Å². The van der Waals surface area contributed by atoms with Gasteiger partial charge in [-0.2, -0.15) is 4.68 Å². The van der Waals surface area contributed by atoms with Gasteiger partial charge in [0.05, 0.1) is 29.3 Å². The van der Waals surface area contributed by atoms with Crippen molar-refractivity contribution < 1.29 is 9.72 Å². The SMILES string of the molecule is C=CCNC(=O)[C@@H](C)Cn1nc([N+](=O)[O-])cc1C. The van der Waals surface area contributed by atoms with Crippen molar-refractivity contribution >= 4 is 11.7 Å². The van der Waals surface area contributed by atoms with Gasteiger partial charge >= 0.3 is 5.82 Å². The number of rotatable bonds is 6. The highest BCUT2D eigenvalue weighted by Gasteiger charge is 2.20. The van der Waals surface area contributed by atoms with Gasteiger partial charge in [0.2, 0.25) is 5.91 Å². The second-order valence-electron chi connectivity index (χ2n) is 4.02. The molecule has 0 aliphatic rings. The molecule has 7 heteroatoms. The summed E-state index contributed by atoms with van der Waals surface area (Å²) in [4.78, 5) is 21.6. The smallest absolute Gasteiger partial charge is 0.358 e. The first-order valence-corrected chi connectivity index (χ1v) is 5.53. The second-order valence-corrected chi connectivity index (χ2v) is 4.02. The van der Waals surface area contributed by atoms with Crippen LogP contribution in [0.4, 0.5) is 5.82 Å². The fourth-order valence-corrected chi connectivity index (χ4v) is 1.46. The Morgan fingerprint density at radius 3 is 2.94 bits per heavy atom. The molecule has 0 radical (unpaired) electrons.